The van der Waals surface area contributed by atoms with Gasteiger partial charge in [0.2, 0.25) is 0 Å². The molecule has 0 amide bonds. The lowest BCUT2D eigenvalue weighted by molar-refractivity contribution is -0.130. The number of halogens is 1. The van der Waals surface area contributed by atoms with E-state index < -0.39 is 0 Å². The standard InChI is InChI=1S/C26H31FO2/c1-25-11-9-19(28)15-18(25)7-8-20-21(25)10-12-26(2)22(20)14-17(24(26)29)13-16-5-3-4-6-23(16)27/h3-7,13,19-22,28H,8-12,14-15H2,1-2H3/b17-13+/t19-,20-,21+,22+,25+,26+/m1/s1. The van der Waals surface area contributed by atoms with E-state index in [0.717, 1.165) is 50.5 Å². The Balaban J connectivity index is 1.49. The van der Waals surface area contributed by atoms with Gasteiger partial charge in [-0.3, -0.25) is 4.79 Å². The van der Waals surface area contributed by atoms with Gasteiger partial charge in [-0.25, -0.2) is 4.39 Å². The van der Waals surface area contributed by atoms with Crippen LogP contribution in [0.3, 0.4) is 0 Å². The van der Waals surface area contributed by atoms with Gasteiger partial charge in [0.25, 0.3) is 0 Å². The van der Waals surface area contributed by atoms with E-state index in [9.17, 15) is 14.3 Å². The van der Waals surface area contributed by atoms with Crippen molar-refractivity contribution in [2.24, 2.45) is 28.6 Å². The average molecular weight is 395 g/mol. The molecule has 154 valence electrons. The molecule has 1 aromatic carbocycles. The molecule has 0 heterocycles. The molecule has 0 aliphatic heterocycles. The van der Waals surface area contributed by atoms with Gasteiger partial charge < -0.3 is 5.11 Å². The van der Waals surface area contributed by atoms with Gasteiger partial charge in [-0.1, -0.05) is 43.7 Å². The zero-order chi connectivity index (χ0) is 20.4. The summed E-state index contributed by atoms with van der Waals surface area (Å²) in [6.07, 6.45) is 10.6. The third kappa shape index (κ3) is 2.80. The smallest absolute Gasteiger partial charge is 0.165 e. The quantitative estimate of drug-likeness (QED) is 0.489. The number of aliphatic hydroxyl groups is 1. The minimum atomic E-state index is -0.311. The highest BCUT2D eigenvalue weighted by atomic mass is 19.1. The van der Waals surface area contributed by atoms with Gasteiger partial charge in [-0.2, -0.15) is 0 Å². The first kappa shape index (κ1) is 19.2. The fraction of sp³-hybridized carbons (Fsp3) is 0.577. The molecule has 0 unspecified atom stereocenters. The van der Waals surface area contributed by atoms with Crippen LogP contribution in [0.5, 0.6) is 0 Å². The van der Waals surface area contributed by atoms with Crippen molar-refractivity contribution in [3.8, 4) is 0 Å². The Hall–Kier alpha value is -1.74. The molecule has 2 nitrogen and oxygen atoms in total. The van der Waals surface area contributed by atoms with Gasteiger partial charge in [0.15, 0.2) is 5.78 Å². The van der Waals surface area contributed by atoms with Crippen molar-refractivity contribution in [1.82, 2.24) is 0 Å². The van der Waals surface area contributed by atoms with E-state index in [1.54, 1.807) is 18.2 Å². The number of rotatable bonds is 1. The van der Waals surface area contributed by atoms with E-state index in [0.29, 0.717) is 23.3 Å². The summed E-state index contributed by atoms with van der Waals surface area (Å²) in [4.78, 5) is 13.4. The minimum Gasteiger partial charge on any atom is -0.393 e. The molecular formula is C26H31FO2. The molecule has 3 fully saturated rings. The summed E-state index contributed by atoms with van der Waals surface area (Å²) in [6.45, 7) is 4.56. The number of carbonyl (C=O) groups excluding carboxylic acids is 1. The Morgan fingerprint density at radius 2 is 1.83 bits per heavy atom. The molecule has 4 aliphatic carbocycles. The van der Waals surface area contributed by atoms with Gasteiger partial charge in [0, 0.05) is 11.0 Å². The molecule has 6 atom stereocenters. The van der Waals surface area contributed by atoms with E-state index in [1.165, 1.54) is 11.6 Å². The second-order valence-electron chi connectivity index (χ2n) is 10.3. The molecule has 1 aromatic rings. The molecule has 0 bridgehead atoms. The Morgan fingerprint density at radius 1 is 1.07 bits per heavy atom. The summed E-state index contributed by atoms with van der Waals surface area (Å²) in [5.74, 6) is 1.42. The molecule has 5 rings (SSSR count). The van der Waals surface area contributed by atoms with E-state index in [2.05, 4.69) is 19.9 Å². The average Bonchev–Trinajstić information content (AvgIpc) is 2.95. The molecule has 0 saturated heterocycles. The van der Waals surface area contributed by atoms with Crippen molar-refractivity contribution in [2.75, 3.05) is 0 Å². The van der Waals surface area contributed by atoms with Crippen molar-refractivity contribution in [1.29, 1.82) is 0 Å². The van der Waals surface area contributed by atoms with Crippen LogP contribution in [0.25, 0.3) is 6.08 Å². The second-order valence-corrected chi connectivity index (χ2v) is 10.3. The number of benzene rings is 1. The Bertz CT molecular complexity index is 915. The zero-order valence-electron chi connectivity index (χ0n) is 17.5. The third-order valence-electron chi connectivity index (χ3n) is 8.95. The van der Waals surface area contributed by atoms with E-state index in [-0.39, 0.29) is 28.5 Å². The van der Waals surface area contributed by atoms with Crippen LogP contribution in [-0.4, -0.2) is 17.0 Å². The maximum Gasteiger partial charge on any atom is 0.165 e. The van der Waals surface area contributed by atoms with Crippen LogP contribution >= 0.6 is 0 Å². The maximum atomic E-state index is 14.2. The van der Waals surface area contributed by atoms with Gasteiger partial charge in [0.1, 0.15) is 5.82 Å². The Kier molecular flexibility index (Phi) is 4.40. The number of fused-ring (bicyclic) bond motifs is 5. The first-order valence-electron chi connectivity index (χ1n) is 11.2. The summed E-state index contributed by atoms with van der Waals surface area (Å²) in [5, 5.41) is 10.2. The number of Topliss-reactive ketones (excluding diaryl/α,β-unsaturated/α-hetero) is 1. The lowest BCUT2D eigenvalue weighted by atomic mass is 9.48. The highest BCUT2D eigenvalue weighted by Gasteiger charge is 2.59. The number of aliphatic hydroxyl groups excluding tert-OH is 1. The van der Waals surface area contributed by atoms with Crippen molar-refractivity contribution < 1.29 is 14.3 Å². The number of hydrogen-bond acceptors (Lipinski definition) is 2. The summed E-state index contributed by atoms with van der Waals surface area (Å²) in [6, 6.07) is 6.73. The predicted molar refractivity (Wildman–Crippen MR) is 112 cm³/mol. The molecule has 0 spiro atoms. The topological polar surface area (TPSA) is 37.3 Å². The van der Waals surface area contributed by atoms with Crippen LogP contribution < -0.4 is 0 Å². The predicted octanol–water partition coefficient (Wildman–Crippen LogP) is 5.71. The van der Waals surface area contributed by atoms with Crippen molar-refractivity contribution >= 4 is 11.9 Å². The van der Waals surface area contributed by atoms with Crippen LogP contribution in [0, 0.1) is 34.4 Å². The minimum absolute atomic E-state index is 0.171. The SMILES string of the molecule is C[C@]12CC[C@@H](O)CC1=CC[C@@H]1[C@@H]2CC[C@]2(C)C(=O)/C(=C/c3ccccc3F)C[C@@H]12. The van der Waals surface area contributed by atoms with Gasteiger partial charge >= 0.3 is 0 Å². The largest absolute Gasteiger partial charge is 0.393 e. The van der Waals surface area contributed by atoms with E-state index in [1.807, 2.05) is 6.07 Å². The molecule has 0 aromatic heterocycles. The number of carbonyl (C=O) groups is 1. The zero-order valence-corrected chi connectivity index (χ0v) is 17.5. The van der Waals surface area contributed by atoms with Crippen LogP contribution in [-0.2, 0) is 4.79 Å². The summed E-state index contributed by atoms with van der Waals surface area (Å²) >= 11 is 0. The molecule has 0 radical (unpaired) electrons. The first-order valence-corrected chi connectivity index (χ1v) is 11.2. The fourth-order valence-corrected chi connectivity index (χ4v) is 7.22. The third-order valence-corrected chi connectivity index (χ3v) is 8.95. The number of allylic oxidation sites excluding steroid dienone is 2. The van der Waals surface area contributed by atoms with Gasteiger partial charge in [-0.15, -0.1) is 0 Å². The van der Waals surface area contributed by atoms with Crippen LogP contribution in [0.15, 0.2) is 41.5 Å². The van der Waals surface area contributed by atoms with E-state index >= 15 is 0 Å². The molecule has 3 heteroatoms. The summed E-state index contributed by atoms with van der Waals surface area (Å²) in [7, 11) is 0. The Labute approximate surface area is 172 Å². The van der Waals surface area contributed by atoms with Crippen LogP contribution in [0.2, 0.25) is 0 Å². The number of hydrogen-bond donors (Lipinski definition) is 1. The molecule has 29 heavy (non-hydrogen) atoms. The van der Waals surface area contributed by atoms with Gasteiger partial charge in [0.05, 0.1) is 6.10 Å². The summed E-state index contributed by atoms with van der Waals surface area (Å²) < 4.78 is 14.2. The van der Waals surface area contributed by atoms with Crippen LogP contribution in [0.4, 0.5) is 4.39 Å². The number of ketones is 1. The Morgan fingerprint density at radius 3 is 2.62 bits per heavy atom. The van der Waals surface area contributed by atoms with E-state index in [4.69, 9.17) is 0 Å². The molecular weight excluding hydrogens is 363 g/mol. The second kappa shape index (κ2) is 6.63. The first-order chi connectivity index (χ1) is 13.8. The van der Waals surface area contributed by atoms with Gasteiger partial charge in [-0.05, 0) is 85.8 Å². The fourth-order valence-electron chi connectivity index (χ4n) is 7.22. The van der Waals surface area contributed by atoms with Crippen LogP contribution in [0.1, 0.15) is 64.4 Å². The lowest BCUT2D eigenvalue weighted by Gasteiger charge is -2.56. The normalized spacial score (nSPS) is 42.8. The molecule has 1 N–H and O–H groups in total. The monoisotopic (exact) mass is 394 g/mol. The molecule has 3 saturated carbocycles. The summed E-state index contributed by atoms with van der Waals surface area (Å²) in [5.41, 5.74) is 2.64. The van der Waals surface area contributed by atoms with Crippen molar-refractivity contribution in [3.05, 3.63) is 52.9 Å². The maximum absolute atomic E-state index is 14.2. The van der Waals surface area contributed by atoms with Crippen molar-refractivity contribution in [2.45, 2.75) is 64.9 Å². The van der Waals surface area contributed by atoms with Crippen molar-refractivity contribution in [3.63, 3.8) is 0 Å². The molecule has 4 aliphatic rings. The lowest BCUT2D eigenvalue weighted by Crippen LogP contribution is -2.50. The highest BCUT2D eigenvalue weighted by molar-refractivity contribution is 6.06. The highest BCUT2D eigenvalue weighted by Crippen LogP contribution is 2.64.